The number of nitrogens with zero attached hydrogens (tertiary/aromatic N) is 1. The lowest BCUT2D eigenvalue weighted by Crippen LogP contribution is -2.27. The van der Waals surface area contributed by atoms with E-state index in [0.29, 0.717) is 35.6 Å². The Balaban J connectivity index is 2.96. The van der Waals surface area contributed by atoms with Crippen LogP contribution in [0.25, 0.3) is 5.57 Å². The number of rotatable bonds is 14. The molecule has 0 spiro atoms. The van der Waals surface area contributed by atoms with E-state index in [9.17, 15) is 13.6 Å². The zero-order valence-corrected chi connectivity index (χ0v) is 18.7. The first-order valence-electron chi connectivity index (χ1n) is 10.6. The minimum Gasteiger partial charge on any atom is -0.769 e. The monoisotopic (exact) mass is 420 g/mol. The summed E-state index contributed by atoms with van der Waals surface area (Å²) in [5.74, 6) is -0.494. The van der Waals surface area contributed by atoms with Crippen LogP contribution in [-0.4, -0.2) is 32.9 Å². The maximum atomic E-state index is 12.7. The molecule has 1 rings (SSSR count). The molecule has 0 saturated carbocycles. The summed E-state index contributed by atoms with van der Waals surface area (Å²) in [6, 6.07) is 9.15. The summed E-state index contributed by atoms with van der Waals surface area (Å²) >= 11 is -2.31. The molecular formula is C23H34NO4S-. The zero-order chi connectivity index (χ0) is 21.5. The number of hydroxylamine groups is 2. The molecule has 0 radical (unpaired) electrons. The number of carbonyl (C=O) groups excluding carboxylic acids is 1. The first-order valence-corrected chi connectivity index (χ1v) is 11.6. The first-order chi connectivity index (χ1) is 14.0. The molecule has 29 heavy (non-hydrogen) atoms. The second-order valence-corrected chi connectivity index (χ2v) is 7.82. The van der Waals surface area contributed by atoms with Gasteiger partial charge in [0.05, 0.1) is 5.57 Å². The normalized spacial score (nSPS) is 13.6. The molecule has 6 heteroatoms. The smallest absolute Gasteiger partial charge is 0.357 e. The summed E-state index contributed by atoms with van der Waals surface area (Å²) in [5, 5.41) is 1.56. The molecule has 0 aliphatic carbocycles. The van der Waals surface area contributed by atoms with E-state index < -0.39 is 17.0 Å². The molecule has 0 saturated heterocycles. The van der Waals surface area contributed by atoms with Crippen molar-refractivity contribution in [1.82, 2.24) is 5.06 Å². The van der Waals surface area contributed by atoms with E-state index in [1.165, 1.54) is 25.3 Å². The van der Waals surface area contributed by atoms with E-state index in [0.717, 1.165) is 19.3 Å². The topological polar surface area (TPSA) is 69.7 Å². The van der Waals surface area contributed by atoms with Crippen molar-refractivity contribution in [2.24, 2.45) is 0 Å². The van der Waals surface area contributed by atoms with Crippen molar-refractivity contribution in [2.75, 3.05) is 13.1 Å². The Morgan fingerprint density at radius 1 is 1.00 bits per heavy atom. The van der Waals surface area contributed by atoms with Crippen LogP contribution in [0.5, 0.6) is 0 Å². The van der Waals surface area contributed by atoms with E-state index in [-0.39, 0.29) is 0 Å². The maximum absolute atomic E-state index is 12.7. The average Bonchev–Trinajstić information content (AvgIpc) is 2.73. The average molecular weight is 421 g/mol. The van der Waals surface area contributed by atoms with Crippen molar-refractivity contribution in [3.05, 3.63) is 53.0 Å². The molecule has 1 atom stereocenters. The summed E-state index contributed by atoms with van der Waals surface area (Å²) in [4.78, 5) is 18.4. The van der Waals surface area contributed by atoms with Gasteiger partial charge in [0.15, 0.2) is 0 Å². The van der Waals surface area contributed by atoms with Gasteiger partial charge in [-0.15, -0.1) is 5.06 Å². The van der Waals surface area contributed by atoms with E-state index in [2.05, 4.69) is 6.92 Å². The molecule has 0 fully saturated rings. The van der Waals surface area contributed by atoms with Gasteiger partial charge in [-0.3, -0.25) is 4.21 Å². The molecule has 162 valence electrons. The standard InChI is InChI=1S/C23H35NO4S/c1-4-7-8-9-10-14-17-21(29(26)27)18-19-22(20-15-12-11-13-16-20)23(25)28-24(5-2)6-3/h11-13,15-16,18-19H,4-10,14,17H2,1-3H3,(H,26,27)/p-1. The van der Waals surface area contributed by atoms with Crippen molar-refractivity contribution in [3.63, 3.8) is 0 Å². The third-order valence-corrected chi connectivity index (χ3v) is 5.42. The molecule has 0 heterocycles. The highest BCUT2D eigenvalue weighted by molar-refractivity contribution is 7.83. The van der Waals surface area contributed by atoms with Crippen LogP contribution in [0.2, 0.25) is 0 Å². The second-order valence-electron chi connectivity index (χ2n) is 6.82. The van der Waals surface area contributed by atoms with Crippen molar-refractivity contribution < 1.29 is 18.4 Å². The van der Waals surface area contributed by atoms with Gasteiger partial charge >= 0.3 is 5.97 Å². The summed E-state index contributed by atoms with van der Waals surface area (Å²) in [6.45, 7) is 7.13. The van der Waals surface area contributed by atoms with Crippen molar-refractivity contribution in [3.8, 4) is 0 Å². The maximum Gasteiger partial charge on any atom is 0.357 e. The molecule has 0 bridgehead atoms. The molecule has 0 N–H and O–H groups in total. The van der Waals surface area contributed by atoms with Gasteiger partial charge in [-0.05, 0) is 49.4 Å². The molecule has 0 aromatic heterocycles. The lowest BCUT2D eigenvalue weighted by Gasteiger charge is -2.18. The van der Waals surface area contributed by atoms with Crippen LogP contribution in [0, 0.1) is 0 Å². The van der Waals surface area contributed by atoms with Crippen LogP contribution in [0.15, 0.2) is 47.4 Å². The predicted molar refractivity (Wildman–Crippen MR) is 118 cm³/mol. The van der Waals surface area contributed by atoms with Gasteiger partial charge in [-0.25, -0.2) is 4.79 Å². The quantitative estimate of drug-likeness (QED) is 0.133. The fraction of sp³-hybridized carbons (Fsp3) is 0.522. The number of allylic oxidation sites excluding steroid dienone is 3. The van der Waals surface area contributed by atoms with Crippen LogP contribution >= 0.6 is 0 Å². The van der Waals surface area contributed by atoms with Crippen LogP contribution in [0.3, 0.4) is 0 Å². The Bertz CT molecular complexity index is 681. The third-order valence-electron chi connectivity index (χ3n) is 4.65. The van der Waals surface area contributed by atoms with Crippen molar-refractivity contribution in [2.45, 2.75) is 65.7 Å². The minimum atomic E-state index is -2.31. The number of unbranched alkanes of at least 4 members (excludes halogenated alkanes) is 5. The first kappa shape index (κ1) is 25.3. The van der Waals surface area contributed by atoms with Gasteiger partial charge in [-0.2, -0.15) is 0 Å². The van der Waals surface area contributed by atoms with E-state index in [1.54, 1.807) is 11.1 Å². The molecule has 1 aromatic carbocycles. The Labute approximate surface area is 178 Å². The molecule has 0 aliphatic rings. The predicted octanol–water partition coefficient (Wildman–Crippen LogP) is 5.38. The summed E-state index contributed by atoms with van der Waals surface area (Å²) in [5.41, 5.74) is 1.03. The summed E-state index contributed by atoms with van der Waals surface area (Å²) in [7, 11) is 0. The van der Waals surface area contributed by atoms with Crippen molar-refractivity contribution >= 4 is 22.6 Å². The minimum absolute atomic E-state index is 0.310. The van der Waals surface area contributed by atoms with E-state index in [4.69, 9.17) is 4.84 Å². The lowest BCUT2D eigenvalue weighted by molar-refractivity contribution is -0.180. The van der Waals surface area contributed by atoms with E-state index in [1.807, 2.05) is 44.2 Å². The fourth-order valence-electron chi connectivity index (χ4n) is 2.90. The van der Waals surface area contributed by atoms with Gasteiger partial charge in [0.25, 0.3) is 0 Å². The zero-order valence-electron chi connectivity index (χ0n) is 17.9. The second kappa shape index (κ2) is 15.1. The highest BCUT2D eigenvalue weighted by atomic mass is 32.2. The van der Waals surface area contributed by atoms with Crippen molar-refractivity contribution in [1.29, 1.82) is 0 Å². The molecule has 0 amide bonds. The summed E-state index contributed by atoms with van der Waals surface area (Å²) < 4.78 is 23.3. The molecule has 5 nitrogen and oxygen atoms in total. The van der Waals surface area contributed by atoms with Gasteiger partial charge in [0.2, 0.25) is 0 Å². The molecule has 1 aromatic rings. The van der Waals surface area contributed by atoms with E-state index >= 15 is 0 Å². The lowest BCUT2D eigenvalue weighted by atomic mass is 10.1. The Morgan fingerprint density at radius 3 is 2.21 bits per heavy atom. The Hall–Kier alpha value is -1.76. The Kier molecular flexibility index (Phi) is 13.2. The van der Waals surface area contributed by atoms with Gasteiger partial charge in [0, 0.05) is 18.0 Å². The molecular weight excluding hydrogens is 386 g/mol. The van der Waals surface area contributed by atoms with Crippen LogP contribution in [0.1, 0.15) is 71.3 Å². The number of benzene rings is 1. The molecule has 0 aliphatic heterocycles. The largest absolute Gasteiger partial charge is 0.769 e. The number of hydrogen-bond acceptors (Lipinski definition) is 5. The third kappa shape index (κ3) is 10.0. The number of hydrogen-bond donors (Lipinski definition) is 0. The van der Waals surface area contributed by atoms with Crippen LogP contribution < -0.4 is 0 Å². The number of carbonyl (C=O) groups is 1. The molecule has 1 unspecified atom stereocenters. The van der Waals surface area contributed by atoms with Gasteiger partial charge in [0.1, 0.15) is 0 Å². The highest BCUT2D eigenvalue weighted by Gasteiger charge is 2.16. The fourth-order valence-corrected chi connectivity index (χ4v) is 3.39. The Morgan fingerprint density at radius 2 is 1.62 bits per heavy atom. The van der Waals surface area contributed by atoms with Gasteiger partial charge in [-0.1, -0.05) is 75.4 Å². The highest BCUT2D eigenvalue weighted by Crippen LogP contribution is 2.19. The van der Waals surface area contributed by atoms with Gasteiger partial charge < -0.3 is 9.39 Å². The SMILES string of the molecule is CCCCCCCCC(=CC=C(C(=O)ON(CC)CC)c1ccccc1)S(=O)[O-]. The van der Waals surface area contributed by atoms with Crippen LogP contribution in [0.4, 0.5) is 0 Å². The summed E-state index contributed by atoms with van der Waals surface area (Å²) in [6.07, 6.45) is 10.1. The van der Waals surface area contributed by atoms with Crippen LogP contribution in [-0.2, 0) is 20.7 Å².